The van der Waals surface area contributed by atoms with Gasteiger partial charge in [0.15, 0.2) is 0 Å². The first kappa shape index (κ1) is 14.3. The van der Waals surface area contributed by atoms with Crippen LogP contribution in [-0.4, -0.2) is 44.4 Å². The molecule has 1 aromatic carbocycles. The fourth-order valence-corrected chi connectivity index (χ4v) is 2.16. The van der Waals surface area contributed by atoms with Gasteiger partial charge in [-0.05, 0) is 50.1 Å². The zero-order valence-electron chi connectivity index (χ0n) is 11.3. The number of hydrogen-bond acceptors (Lipinski definition) is 3. The third-order valence-corrected chi connectivity index (χ3v) is 3.30. The molecule has 0 spiro atoms. The lowest BCUT2D eigenvalue weighted by atomic mass is 10.2. The van der Waals surface area contributed by atoms with Gasteiger partial charge in [0.25, 0.3) is 0 Å². The Kier molecular flexibility index (Phi) is 6.11. The van der Waals surface area contributed by atoms with E-state index in [9.17, 15) is 4.39 Å². The SMILES string of the molecule is Fc1ccc(OCCCCCN2CCOCC2)cc1. The van der Waals surface area contributed by atoms with Gasteiger partial charge in [0, 0.05) is 13.1 Å². The van der Waals surface area contributed by atoms with Crippen LogP contribution in [0.25, 0.3) is 0 Å². The van der Waals surface area contributed by atoms with Gasteiger partial charge in [-0.3, -0.25) is 4.90 Å². The summed E-state index contributed by atoms with van der Waals surface area (Å²) in [5, 5.41) is 0. The molecule has 1 saturated heterocycles. The van der Waals surface area contributed by atoms with Crippen molar-refractivity contribution in [1.29, 1.82) is 0 Å². The molecule has 1 aliphatic heterocycles. The van der Waals surface area contributed by atoms with Gasteiger partial charge in [0.1, 0.15) is 11.6 Å². The van der Waals surface area contributed by atoms with E-state index in [1.165, 1.54) is 25.0 Å². The highest BCUT2D eigenvalue weighted by molar-refractivity contribution is 5.21. The van der Waals surface area contributed by atoms with Crippen molar-refractivity contribution in [3.05, 3.63) is 30.1 Å². The summed E-state index contributed by atoms with van der Waals surface area (Å²) in [7, 11) is 0. The van der Waals surface area contributed by atoms with Crippen molar-refractivity contribution in [1.82, 2.24) is 4.90 Å². The highest BCUT2D eigenvalue weighted by Gasteiger charge is 2.08. The summed E-state index contributed by atoms with van der Waals surface area (Å²) in [6, 6.07) is 6.19. The first-order valence-electron chi connectivity index (χ1n) is 7.03. The molecule has 19 heavy (non-hydrogen) atoms. The first-order valence-corrected chi connectivity index (χ1v) is 7.03. The highest BCUT2D eigenvalue weighted by atomic mass is 19.1. The van der Waals surface area contributed by atoms with Crippen LogP contribution >= 0.6 is 0 Å². The van der Waals surface area contributed by atoms with Crippen LogP contribution in [0.5, 0.6) is 5.75 Å². The molecule has 1 fully saturated rings. The predicted octanol–water partition coefficient (Wildman–Crippen LogP) is 2.71. The third kappa shape index (κ3) is 5.57. The van der Waals surface area contributed by atoms with E-state index < -0.39 is 0 Å². The van der Waals surface area contributed by atoms with E-state index >= 15 is 0 Å². The average molecular weight is 267 g/mol. The molecule has 0 radical (unpaired) electrons. The molecule has 0 unspecified atom stereocenters. The zero-order valence-corrected chi connectivity index (χ0v) is 11.3. The van der Waals surface area contributed by atoms with E-state index in [0.29, 0.717) is 6.61 Å². The van der Waals surface area contributed by atoms with Gasteiger partial charge in [0.05, 0.1) is 19.8 Å². The normalized spacial score (nSPS) is 16.5. The molecule has 0 amide bonds. The molecule has 1 heterocycles. The number of rotatable bonds is 7. The Morgan fingerprint density at radius 2 is 1.79 bits per heavy atom. The molecule has 0 aromatic heterocycles. The Morgan fingerprint density at radius 1 is 1.05 bits per heavy atom. The Morgan fingerprint density at radius 3 is 2.53 bits per heavy atom. The quantitative estimate of drug-likeness (QED) is 0.709. The minimum absolute atomic E-state index is 0.224. The van der Waals surface area contributed by atoms with Crippen molar-refractivity contribution >= 4 is 0 Å². The molecule has 1 aliphatic rings. The maximum Gasteiger partial charge on any atom is 0.123 e. The number of benzene rings is 1. The largest absolute Gasteiger partial charge is 0.494 e. The molecule has 3 nitrogen and oxygen atoms in total. The summed E-state index contributed by atoms with van der Waals surface area (Å²) in [5.74, 6) is 0.521. The van der Waals surface area contributed by atoms with Crippen molar-refractivity contribution in [2.75, 3.05) is 39.5 Å². The Balaban J connectivity index is 1.49. The molecule has 106 valence electrons. The van der Waals surface area contributed by atoms with E-state index in [1.54, 1.807) is 12.1 Å². The molecule has 1 aromatic rings. The Bertz CT molecular complexity index is 350. The van der Waals surface area contributed by atoms with Gasteiger partial charge in [-0.1, -0.05) is 0 Å². The summed E-state index contributed by atoms with van der Waals surface area (Å²) in [5.41, 5.74) is 0. The number of ether oxygens (including phenoxy) is 2. The second-order valence-corrected chi connectivity index (χ2v) is 4.82. The summed E-state index contributed by atoms with van der Waals surface area (Å²) in [6.45, 7) is 5.72. The summed E-state index contributed by atoms with van der Waals surface area (Å²) < 4.78 is 23.5. The third-order valence-electron chi connectivity index (χ3n) is 3.30. The molecule has 0 aliphatic carbocycles. The lowest BCUT2D eigenvalue weighted by molar-refractivity contribution is 0.0370. The molecular formula is C15H22FNO2. The van der Waals surface area contributed by atoms with Gasteiger partial charge >= 0.3 is 0 Å². The summed E-state index contributed by atoms with van der Waals surface area (Å²) in [4.78, 5) is 2.45. The molecule has 0 saturated carbocycles. The van der Waals surface area contributed by atoms with E-state index in [2.05, 4.69) is 4.90 Å². The molecule has 0 N–H and O–H groups in total. The smallest absolute Gasteiger partial charge is 0.123 e. The zero-order chi connectivity index (χ0) is 13.3. The van der Waals surface area contributed by atoms with Crippen LogP contribution < -0.4 is 4.74 Å². The van der Waals surface area contributed by atoms with Gasteiger partial charge in [-0.25, -0.2) is 4.39 Å². The van der Waals surface area contributed by atoms with Crippen LogP contribution in [0.2, 0.25) is 0 Å². The Hall–Kier alpha value is -1.13. The van der Waals surface area contributed by atoms with Crippen LogP contribution in [0.4, 0.5) is 4.39 Å². The molecule has 0 atom stereocenters. The van der Waals surface area contributed by atoms with Crippen molar-refractivity contribution < 1.29 is 13.9 Å². The van der Waals surface area contributed by atoms with Crippen molar-refractivity contribution in [2.24, 2.45) is 0 Å². The van der Waals surface area contributed by atoms with Crippen LogP contribution in [-0.2, 0) is 4.74 Å². The molecular weight excluding hydrogens is 245 g/mol. The predicted molar refractivity (Wildman–Crippen MR) is 73.0 cm³/mol. The maximum atomic E-state index is 12.7. The fourth-order valence-electron chi connectivity index (χ4n) is 2.16. The van der Waals surface area contributed by atoms with Crippen LogP contribution in [0.3, 0.4) is 0 Å². The topological polar surface area (TPSA) is 21.7 Å². The van der Waals surface area contributed by atoms with Crippen LogP contribution in [0, 0.1) is 5.82 Å². The molecule has 0 bridgehead atoms. The maximum absolute atomic E-state index is 12.7. The second-order valence-electron chi connectivity index (χ2n) is 4.82. The lowest BCUT2D eigenvalue weighted by Gasteiger charge is -2.26. The van der Waals surface area contributed by atoms with Gasteiger partial charge < -0.3 is 9.47 Å². The summed E-state index contributed by atoms with van der Waals surface area (Å²) in [6.07, 6.45) is 3.41. The van der Waals surface area contributed by atoms with Crippen molar-refractivity contribution in [2.45, 2.75) is 19.3 Å². The monoisotopic (exact) mass is 267 g/mol. The number of halogens is 1. The summed E-state index contributed by atoms with van der Waals surface area (Å²) >= 11 is 0. The van der Waals surface area contributed by atoms with Crippen molar-refractivity contribution in [3.63, 3.8) is 0 Å². The minimum Gasteiger partial charge on any atom is -0.494 e. The first-order chi connectivity index (χ1) is 9.34. The number of hydrogen-bond donors (Lipinski definition) is 0. The van der Waals surface area contributed by atoms with E-state index in [4.69, 9.17) is 9.47 Å². The van der Waals surface area contributed by atoms with Crippen molar-refractivity contribution in [3.8, 4) is 5.75 Å². The standard InChI is InChI=1S/C15H22FNO2/c16-14-4-6-15(7-5-14)19-11-3-1-2-8-17-9-12-18-13-10-17/h4-7H,1-3,8-13H2. The average Bonchev–Trinajstić information content (AvgIpc) is 2.46. The lowest BCUT2D eigenvalue weighted by Crippen LogP contribution is -2.36. The van der Waals surface area contributed by atoms with Gasteiger partial charge in [-0.15, -0.1) is 0 Å². The van der Waals surface area contributed by atoms with E-state index in [0.717, 1.165) is 45.0 Å². The Labute approximate surface area is 114 Å². The van der Waals surface area contributed by atoms with Crippen LogP contribution in [0.1, 0.15) is 19.3 Å². The number of unbranched alkanes of at least 4 members (excludes halogenated alkanes) is 2. The van der Waals surface area contributed by atoms with E-state index in [-0.39, 0.29) is 5.82 Å². The van der Waals surface area contributed by atoms with E-state index in [1.807, 2.05) is 0 Å². The van der Waals surface area contributed by atoms with Crippen LogP contribution in [0.15, 0.2) is 24.3 Å². The van der Waals surface area contributed by atoms with Gasteiger partial charge in [-0.2, -0.15) is 0 Å². The minimum atomic E-state index is -0.224. The molecule has 2 rings (SSSR count). The number of nitrogens with zero attached hydrogens (tertiary/aromatic N) is 1. The molecule has 4 heteroatoms. The highest BCUT2D eigenvalue weighted by Crippen LogP contribution is 2.11. The fraction of sp³-hybridized carbons (Fsp3) is 0.600. The number of morpholine rings is 1. The second kappa shape index (κ2) is 8.12. The van der Waals surface area contributed by atoms with Gasteiger partial charge in [0.2, 0.25) is 0 Å².